The van der Waals surface area contributed by atoms with Crippen molar-refractivity contribution in [2.24, 2.45) is 0 Å². The van der Waals surface area contributed by atoms with E-state index in [1.54, 1.807) is 13.8 Å². The van der Waals surface area contributed by atoms with Gasteiger partial charge in [-0.05, 0) is 13.8 Å². The summed E-state index contributed by atoms with van der Waals surface area (Å²) >= 11 is 1.83. The van der Waals surface area contributed by atoms with E-state index < -0.39 is 5.97 Å². The van der Waals surface area contributed by atoms with Gasteiger partial charge in [-0.1, -0.05) is 6.58 Å². The summed E-state index contributed by atoms with van der Waals surface area (Å²) in [6.07, 6.45) is -0.0889. The fourth-order valence-electron chi connectivity index (χ4n) is 0.324. The second kappa shape index (κ2) is 4.54. The molecule has 0 spiro atoms. The minimum absolute atomic E-state index is 0.0889. The third-order valence-corrected chi connectivity index (χ3v) is 1.35. The summed E-state index contributed by atoms with van der Waals surface area (Å²) in [7, 11) is 0. The van der Waals surface area contributed by atoms with Gasteiger partial charge in [-0.15, -0.1) is 0 Å². The Hall–Kier alpha value is -0.260. The molecule has 0 radical (unpaired) electrons. The highest BCUT2D eigenvalue weighted by molar-refractivity contribution is 14.1. The topological polar surface area (TPSA) is 38.3 Å². The summed E-state index contributed by atoms with van der Waals surface area (Å²) in [5, 5.41) is 0. The van der Waals surface area contributed by atoms with E-state index in [1.165, 1.54) is 0 Å². The van der Waals surface area contributed by atoms with Crippen molar-refractivity contribution in [1.82, 2.24) is 3.53 Å². The lowest BCUT2D eigenvalue weighted by Crippen LogP contribution is -2.17. The zero-order chi connectivity index (χ0) is 8.15. The first-order valence-electron chi connectivity index (χ1n) is 2.84. The average Bonchev–Trinajstić information content (AvgIpc) is 1.85. The number of halogens is 1. The molecule has 0 unspecified atom stereocenters. The second-order valence-electron chi connectivity index (χ2n) is 2.03. The van der Waals surface area contributed by atoms with Gasteiger partial charge < -0.3 is 8.27 Å². The highest BCUT2D eigenvalue weighted by atomic mass is 127. The number of esters is 1. The second-order valence-corrected chi connectivity index (χ2v) is 2.57. The molecule has 1 N–H and O–H groups in total. The molecule has 0 bridgehead atoms. The predicted molar refractivity (Wildman–Crippen MR) is 47.5 cm³/mol. The Morgan fingerprint density at radius 2 is 2.20 bits per heavy atom. The van der Waals surface area contributed by atoms with E-state index in [0.717, 1.165) is 0 Å². The van der Waals surface area contributed by atoms with Crippen molar-refractivity contribution in [1.29, 1.82) is 0 Å². The number of hydrogen-bond donors (Lipinski definition) is 1. The number of nitrogens with one attached hydrogen (secondary N) is 1. The van der Waals surface area contributed by atoms with E-state index in [-0.39, 0.29) is 11.8 Å². The summed E-state index contributed by atoms with van der Waals surface area (Å²) in [5.41, 5.74) is 0.272. The van der Waals surface area contributed by atoms with Crippen LogP contribution in [0.15, 0.2) is 12.3 Å². The van der Waals surface area contributed by atoms with Crippen LogP contribution in [-0.4, -0.2) is 12.1 Å². The van der Waals surface area contributed by atoms with Gasteiger partial charge in [0.15, 0.2) is 0 Å². The fraction of sp³-hybridized carbons (Fsp3) is 0.500. The summed E-state index contributed by atoms with van der Waals surface area (Å²) in [5.74, 6) is -0.399. The first-order valence-corrected chi connectivity index (χ1v) is 3.92. The van der Waals surface area contributed by atoms with Crippen LogP contribution in [0.5, 0.6) is 0 Å². The molecule has 10 heavy (non-hydrogen) atoms. The monoisotopic (exact) mass is 255 g/mol. The highest BCUT2D eigenvalue weighted by Crippen LogP contribution is 1.96. The van der Waals surface area contributed by atoms with Gasteiger partial charge >= 0.3 is 5.97 Å². The van der Waals surface area contributed by atoms with Crippen molar-refractivity contribution in [3.05, 3.63) is 12.3 Å². The molecule has 58 valence electrons. The minimum atomic E-state index is -0.399. The largest absolute Gasteiger partial charge is 0.458 e. The SMILES string of the molecule is C=C(NI)C(=O)OC(C)C. The van der Waals surface area contributed by atoms with Crippen molar-refractivity contribution in [2.75, 3.05) is 0 Å². The summed E-state index contributed by atoms with van der Waals surface area (Å²) in [4.78, 5) is 10.8. The van der Waals surface area contributed by atoms with Crippen LogP contribution in [0.1, 0.15) is 13.8 Å². The summed E-state index contributed by atoms with van der Waals surface area (Å²) in [6.45, 7) is 7.01. The van der Waals surface area contributed by atoms with Crippen molar-refractivity contribution in [2.45, 2.75) is 20.0 Å². The molecule has 0 atom stereocenters. The molecule has 0 aliphatic carbocycles. The minimum Gasteiger partial charge on any atom is -0.458 e. The quantitative estimate of drug-likeness (QED) is 0.358. The number of rotatable bonds is 3. The van der Waals surface area contributed by atoms with Crippen molar-refractivity contribution < 1.29 is 9.53 Å². The van der Waals surface area contributed by atoms with E-state index in [2.05, 4.69) is 10.1 Å². The Morgan fingerprint density at radius 1 is 1.70 bits per heavy atom. The lowest BCUT2D eigenvalue weighted by atomic mass is 10.4. The van der Waals surface area contributed by atoms with Crippen LogP contribution in [0.4, 0.5) is 0 Å². The molecule has 4 heteroatoms. The number of hydrogen-bond acceptors (Lipinski definition) is 3. The molecule has 0 rings (SSSR count). The molecule has 0 aliphatic rings. The Morgan fingerprint density at radius 3 is 2.50 bits per heavy atom. The average molecular weight is 255 g/mol. The molecule has 0 fully saturated rings. The van der Waals surface area contributed by atoms with Crippen molar-refractivity contribution in [3.8, 4) is 0 Å². The molecule has 0 heterocycles. The number of carbonyl (C=O) groups excluding carboxylic acids is 1. The fourth-order valence-corrected chi connectivity index (χ4v) is 0.544. The van der Waals surface area contributed by atoms with E-state index in [0.29, 0.717) is 0 Å². The van der Waals surface area contributed by atoms with Gasteiger partial charge in [0.05, 0.1) is 29.0 Å². The van der Waals surface area contributed by atoms with E-state index >= 15 is 0 Å². The third kappa shape index (κ3) is 3.71. The van der Waals surface area contributed by atoms with Crippen LogP contribution in [0, 0.1) is 0 Å². The van der Waals surface area contributed by atoms with E-state index in [9.17, 15) is 4.79 Å². The van der Waals surface area contributed by atoms with Crippen LogP contribution >= 0.6 is 22.9 Å². The molecular formula is C6H10INO2. The van der Waals surface area contributed by atoms with Crippen LogP contribution in [-0.2, 0) is 9.53 Å². The smallest absolute Gasteiger partial charge is 0.354 e. The normalized spacial score (nSPS) is 9.20. The van der Waals surface area contributed by atoms with Crippen LogP contribution < -0.4 is 3.53 Å². The number of ether oxygens (including phenoxy) is 1. The number of carbonyl (C=O) groups is 1. The molecular weight excluding hydrogens is 245 g/mol. The van der Waals surface area contributed by atoms with Gasteiger partial charge in [-0.25, -0.2) is 4.79 Å². The maximum absolute atomic E-state index is 10.8. The molecule has 0 saturated heterocycles. The lowest BCUT2D eigenvalue weighted by Gasteiger charge is -2.07. The van der Waals surface area contributed by atoms with Crippen molar-refractivity contribution >= 4 is 28.8 Å². The maximum atomic E-state index is 10.8. The Kier molecular flexibility index (Phi) is 4.42. The molecule has 0 aliphatic heterocycles. The maximum Gasteiger partial charge on any atom is 0.354 e. The van der Waals surface area contributed by atoms with Crippen LogP contribution in [0.25, 0.3) is 0 Å². The first-order chi connectivity index (χ1) is 4.57. The van der Waals surface area contributed by atoms with Crippen molar-refractivity contribution in [3.63, 3.8) is 0 Å². The van der Waals surface area contributed by atoms with Gasteiger partial charge in [0.2, 0.25) is 0 Å². The Labute approximate surface area is 74.3 Å². The van der Waals surface area contributed by atoms with Crippen LogP contribution in [0.3, 0.4) is 0 Å². The van der Waals surface area contributed by atoms with Crippen LogP contribution in [0.2, 0.25) is 0 Å². The van der Waals surface area contributed by atoms with Gasteiger partial charge in [0.1, 0.15) is 5.70 Å². The standard InChI is InChI=1S/C6H10INO2/c1-4(2)10-6(9)5(3)8-7/h4,8H,3H2,1-2H3. The molecule has 0 saturated carbocycles. The zero-order valence-corrected chi connectivity index (χ0v) is 8.14. The van der Waals surface area contributed by atoms with Gasteiger partial charge in [0.25, 0.3) is 0 Å². The summed E-state index contributed by atoms with van der Waals surface area (Å²) in [6, 6.07) is 0. The molecule has 0 aromatic carbocycles. The molecule has 0 aromatic rings. The predicted octanol–water partition coefficient (Wildman–Crippen LogP) is 1.39. The van der Waals surface area contributed by atoms with E-state index in [4.69, 9.17) is 4.74 Å². The summed E-state index contributed by atoms with van der Waals surface area (Å²) < 4.78 is 7.37. The Bertz CT molecular complexity index is 145. The zero-order valence-electron chi connectivity index (χ0n) is 5.98. The molecule has 0 amide bonds. The highest BCUT2D eigenvalue weighted by Gasteiger charge is 2.07. The van der Waals surface area contributed by atoms with E-state index in [1.807, 2.05) is 22.9 Å². The third-order valence-electron chi connectivity index (χ3n) is 0.703. The Balaban J connectivity index is 3.74. The lowest BCUT2D eigenvalue weighted by molar-refractivity contribution is -0.142. The van der Waals surface area contributed by atoms with Gasteiger partial charge in [-0.3, -0.25) is 0 Å². The van der Waals surface area contributed by atoms with Gasteiger partial charge in [0, 0.05) is 0 Å². The van der Waals surface area contributed by atoms with Gasteiger partial charge in [-0.2, -0.15) is 0 Å². The molecule has 3 nitrogen and oxygen atoms in total. The molecule has 0 aromatic heterocycles. The first kappa shape index (κ1) is 9.74.